The van der Waals surface area contributed by atoms with Crippen molar-refractivity contribution < 1.29 is 19.1 Å². The average molecular weight is 419 g/mol. The minimum Gasteiger partial charge on any atom is -0.497 e. The van der Waals surface area contributed by atoms with Crippen LogP contribution >= 0.6 is 0 Å². The topological polar surface area (TPSA) is 79.9 Å². The number of hydrogen-bond donors (Lipinski definition) is 2. The molecule has 0 fully saturated rings. The molecule has 160 valence electrons. The Bertz CT molecular complexity index is 1010. The monoisotopic (exact) mass is 419 g/mol. The Morgan fingerprint density at radius 3 is 1.97 bits per heavy atom. The molecule has 2 N–H and O–H groups in total. The van der Waals surface area contributed by atoms with Gasteiger partial charge in [0.25, 0.3) is 0 Å². The Morgan fingerprint density at radius 2 is 1.32 bits per heavy atom. The largest absolute Gasteiger partial charge is 0.497 e. The number of carbonyl (C=O) groups excluding carboxylic acids is 2. The normalized spacial score (nSPS) is 10.4. The zero-order valence-corrected chi connectivity index (χ0v) is 17.5. The third-order valence-electron chi connectivity index (χ3n) is 4.30. The number of para-hydroxylation sites is 1. The van der Waals surface area contributed by atoms with Crippen LogP contribution in [0, 0.1) is 0 Å². The quantitative estimate of drug-likeness (QED) is 0.548. The van der Waals surface area contributed by atoms with E-state index < -0.39 is 0 Å². The van der Waals surface area contributed by atoms with E-state index in [1.54, 1.807) is 67.6 Å². The summed E-state index contributed by atoms with van der Waals surface area (Å²) in [5.41, 5.74) is 1.29. The van der Waals surface area contributed by atoms with Gasteiger partial charge in [-0.2, -0.15) is 0 Å². The highest BCUT2D eigenvalue weighted by Crippen LogP contribution is 2.22. The molecule has 3 aromatic carbocycles. The number of hydrogen-bond acceptors (Lipinski definition) is 5. The Labute approximate surface area is 181 Å². The van der Waals surface area contributed by atoms with Crippen molar-refractivity contribution in [1.29, 1.82) is 0 Å². The Kier molecular flexibility index (Phi) is 7.61. The highest BCUT2D eigenvalue weighted by atomic mass is 16.5. The van der Waals surface area contributed by atoms with Gasteiger partial charge >= 0.3 is 0 Å². The summed E-state index contributed by atoms with van der Waals surface area (Å²) in [6, 6.07) is 23.7. The lowest BCUT2D eigenvalue weighted by Gasteiger charge is -2.16. The molecule has 3 aromatic rings. The Balaban J connectivity index is 1.44. The van der Waals surface area contributed by atoms with E-state index in [1.807, 2.05) is 30.3 Å². The molecule has 0 aliphatic rings. The van der Waals surface area contributed by atoms with Crippen molar-refractivity contribution in [3.05, 3.63) is 78.9 Å². The molecule has 0 atom stereocenters. The summed E-state index contributed by atoms with van der Waals surface area (Å²) in [4.78, 5) is 26.1. The van der Waals surface area contributed by atoms with Crippen LogP contribution in [-0.4, -0.2) is 44.0 Å². The Hall–Kier alpha value is -3.84. The number of ether oxygens (including phenoxy) is 2. The second-order valence-electron chi connectivity index (χ2n) is 6.94. The van der Waals surface area contributed by atoms with Crippen molar-refractivity contribution >= 4 is 23.2 Å². The van der Waals surface area contributed by atoms with Gasteiger partial charge in [-0.25, -0.2) is 0 Å². The van der Waals surface area contributed by atoms with Crippen molar-refractivity contribution in [3.63, 3.8) is 0 Å². The van der Waals surface area contributed by atoms with Crippen LogP contribution in [0.25, 0.3) is 0 Å². The van der Waals surface area contributed by atoms with Crippen molar-refractivity contribution in [1.82, 2.24) is 4.90 Å². The van der Waals surface area contributed by atoms with Crippen molar-refractivity contribution in [2.24, 2.45) is 0 Å². The lowest BCUT2D eigenvalue weighted by Crippen LogP contribution is -2.36. The van der Waals surface area contributed by atoms with Crippen molar-refractivity contribution in [2.75, 3.05) is 37.9 Å². The van der Waals surface area contributed by atoms with E-state index in [9.17, 15) is 9.59 Å². The van der Waals surface area contributed by atoms with Gasteiger partial charge in [0.15, 0.2) is 0 Å². The van der Waals surface area contributed by atoms with Crippen LogP contribution in [0.1, 0.15) is 0 Å². The molecule has 31 heavy (non-hydrogen) atoms. The molecule has 7 heteroatoms. The van der Waals surface area contributed by atoms with Crippen LogP contribution in [0.15, 0.2) is 78.9 Å². The number of benzene rings is 3. The predicted molar refractivity (Wildman–Crippen MR) is 121 cm³/mol. The van der Waals surface area contributed by atoms with Crippen LogP contribution in [0.2, 0.25) is 0 Å². The summed E-state index contributed by atoms with van der Waals surface area (Å²) in [5, 5.41) is 5.61. The second kappa shape index (κ2) is 10.8. The lowest BCUT2D eigenvalue weighted by atomic mass is 10.3. The van der Waals surface area contributed by atoms with Gasteiger partial charge in [0.1, 0.15) is 17.2 Å². The number of methoxy groups -OCH3 is 1. The highest BCUT2D eigenvalue weighted by molar-refractivity contribution is 5.94. The smallest absolute Gasteiger partial charge is 0.238 e. The van der Waals surface area contributed by atoms with Crippen LogP contribution in [0.5, 0.6) is 17.2 Å². The molecule has 0 heterocycles. The second-order valence-corrected chi connectivity index (χ2v) is 6.94. The molecule has 0 aliphatic carbocycles. The van der Waals surface area contributed by atoms with E-state index in [2.05, 4.69) is 10.6 Å². The van der Waals surface area contributed by atoms with Gasteiger partial charge in [0.05, 0.1) is 20.2 Å². The molecule has 2 amide bonds. The number of rotatable bonds is 9. The maximum Gasteiger partial charge on any atom is 0.238 e. The van der Waals surface area contributed by atoms with Gasteiger partial charge < -0.3 is 20.1 Å². The van der Waals surface area contributed by atoms with Gasteiger partial charge in [-0.15, -0.1) is 0 Å². The van der Waals surface area contributed by atoms with Crippen LogP contribution < -0.4 is 20.1 Å². The maximum absolute atomic E-state index is 12.3. The van der Waals surface area contributed by atoms with Gasteiger partial charge in [-0.3, -0.25) is 14.5 Å². The first-order valence-electron chi connectivity index (χ1n) is 9.77. The third kappa shape index (κ3) is 7.17. The summed E-state index contributed by atoms with van der Waals surface area (Å²) in [6.07, 6.45) is 0. The summed E-state index contributed by atoms with van der Waals surface area (Å²) >= 11 is 0. The van der Waals surface area contributed by atoms with E-state index in [1.165, 1.54) is 0 Å². The number of anilines is 2. The summed E-state index contributed by atoms with van der Waals surface area (Å²) in [6.45, 7) is 0.155. The molecular weight excluding hydrogens is 394 g/mol. The molecule has 0 radical (unpaired) electrons. The molecule has 7 nitrogen and oxygen atoms in total. The summed E-state index contributed by atoms with van der Waals surface area (Å²) in [5.74, 6) is 1.65. The highest BCUT2D eigenvalue weighted by Gasteiger charge is 2.12. The number of likely N-dealkylation sites (N-methyl/N-ethyl adjacent to an activating group) is 1. The van der Waals surface area contributed by atoms with E-state index in [-0.39, 0.29) is 24.9 Å². The third-order valence-corrected chi connectivity index (χ3v) is 4.30. The fraction of sp³-hybridized carbons (Fsp3) is 0.167. The number of nitrogens with zero attached hydrogens (tertiary/aromatic N) is 1. The standard InChI is InChI=1S/C24H25N3O4/c1-27(17-24(29)26-19-7-6-10-22(15-19)30-2)16-23(28)25-18-11-13-21(14-12-18)31-20-8-4-3-5-9-20/h3-15H,16-17H2,1-2H3,(H,25,28)(H,26,29). The lowest BCUT2D eigenvalue weighted by molar-refractivity contribution is -0.119. The van der Waals surface area contributed by atoms with E-state index in [0.29, 0.717) is 22.9 Å². The fourth-order valence-corrected chi connectivity index (χ4v) is 2.88. The van der Waals surface area contributed by atoms with Crippen LogP contribution in [0.3, 0.4) is 0 Å². The zero-order chi connectivity index (χ0) is 22.1. The van der Waals surface area contributed by atoms with Gasteiger partial charge in [0.2, 0.25) is 11.8 Å². The molecule has 0 bridgehead atoms. The molecule has 3 rings (SSSR count). The summed E-state index contributed by atoms with van der Waals surface area (Å²) < 4.78 is 10.9. The fourth-order valence-electron chi connectivity index (χ4n) is 2.88. The molecule has 0 aliphatic heterocycles. The maximum atomic E-state index is 12.3. The van der Waals surface area contributed by atoms with Gasteiger partial charge in [0, 0.05) is 17.4 Å². The number of nitrogens with one attached hydrogen (secondary N) is 2. The zero-order valence-electron chi connectivity index (χ0n) is 17.5. The average Bonchev–Trinajstić information content (AvgIpc) is 2.75. The first-order chi connectivity index (χ1) is 15.0. The molecule has 0 unspecified atom stereocenters. The van der Waals surface area contributed by atoms with Gasteiger partial charge in [-0.05, 0) is 55.6 Å². The van der Waals surface area contributed by atoms with Crippen molar-refractivity contribution in [2.45, 2.75) is 0 Å². The van der Waals surface area contributed by atoms with E-state index in [0.717, 1.165) is 5.75 Å². The van der Waals surface area contributed by atoms with Crippen LogP contribution in [-0.2, 0) is 9.59 Å². The van der Waals surface area contributed by atoms with E-state index in [4.69, 9.17) is 9.47 Å². The predicted octanol–water partition coefficient (Wildman–Crippen LogP) is 4.00. The van der Waals surface area contributed by atoms with Gasteiger partial charge in [-0.1, -0.05) is 24.3 Å². The molecule has 0 saturated heterocycles. The first kappa shape index (κ1) is 21.9. The first-order valence-corrected chi connectivity index (χ1v) is 9.77. The minimum absolute atomic E-state index is 0.0772. The van der Waals surface area contributed by atoms with E-state index >= 15 is 0 Å². The Morgan fingerprint density at radius 1 is 0.742 bits per heavy atom. The van der Waals surface area contributed by atoms with Crippen LogP contribution in [0.4, 0.5) is 11.4 Å². The SMILES string of the molecule is COc1cccc(NC(=O)CN(C)CC(=O)Nc2ccc(Oc3ccccc3)cc2)c1. The van der Waals surface area contributed by atoms with Crippen molar-refractivity contribution in [3.8, 4) is 17.2 Å². The molecular formula is C24H25N3O4. The minimum atomic E-state index is -0.217. The number of carbonyl (C=O) groups is 2. The molecule has 0 aromatic heterocycles. The molecule has 0 saturated carbocycles. The number of amides is 2. The summed E-state index contributed by atoms with van der Waals surface area (Å²) in [7, 11) is 3.28. The molecule has 0 spiro atoms.